The Morgan fingerprint density at radius 2 is 2.06 bits per heavy atom. The number of hydrogen-bond donors (Lipinski definition) is 2. The van der Waals surface area contributed by atoms with Crippen LogP contribution in [-0.2, 0) is 0 Å². The maximum Gasteiger partial charge on any atom is 0.133 e. The van der Waals surface area contributed by atoms with E-state index in [-0.39, 0.29) is 0 Å². The lowest BCUT2D eigenvalue weighted by atomic mass is 9.86. The number of anilines is 1. The normalized spacial score (nSPS) is 23.7. The van der Waals surface area contributed by atoms with E-state index in [0.717, 1.165) is 28.4 Å². The summed E-state index contributed by atoms with van der Waals surface area (Å²) in [5, 5.41) is 3.49. The quantitative estimate of drug-likeness (QED) is 0.896. The molecule has 1 aliphatic rings. The minimum atomic E-state index is 0.427. The molecule has 4 heteroatoms. The van der Waals surface area contributed by atoms with Crippen molar-refractivity contribution in [2.75, 3.05) is 19.0 Å². The van der Waals surface area contributed by atoms with Crippen LogP contribution in [0.15, 0.2) is 22.7 Å². The van der Waals surface area contributed by atoms with E-state index in [9.17, 15) is 0 Å². The molecule has 3 N–H and O–H groups in total. The number of ether oxygens (including phenoxy) is 1. The van der Waals surface area contributed by atoms with Crippen LogP contribution in [0.4, 0.5) is 5.69 Å². The molecular formula is C14H21BrN2O. The minimum Gasteiger partial charge on any atom is -0.496 e. The molecular weight excluding hydrogens is 292 g/mol. The summed E-state index contributed by atoms with van der Waals surface area (Å²) < 4.78 is 6.20. The molecule has 1 aliphatic carbocycles. The third-order valence-electron chi connectivity index (χ3n) is 3.64. The monoisotopic (exact) mass is 312 g/mol. The molecule has 1 aromatic rings. The van der Waals surface area contributed by atoms with Crippen molar-refractivity contribution in [3.63, 3.8) is 0 Å². The average molecular weight is 313 g/mol. The third kappa shape index (κ3) is 3.62. The zero-order valence-electron chi connectivity index (χ0n) is 10.8. The summed E-state index contributed by atoms with van der Waals surface area (Å²) in [4.78, 5) is 0. The van der Waals surface area contributed by atoms with Gasteiger partial charge in [-0.05, 0) is 65.7 Å². The maximum atomic E-state index is 5.92. The lowest BCUT2D eigenvalue weighted by Gasteiger charge is -2.26. The number of benzene rings is 1. The van der Waals surface area contributed by atoms with Crippen LogP contribution < -0.4 is 15.8 Å². The Morgan fingerprint density at radius 1 is 1.33 bits per heavy atom. The van der Waals surface area contributed by atoms with Crippen molar-refractivity contribution in [2.24, 2.45) is 11.7 Å². The van der Waals surface area contributed by atoms with Gasteiger partial charge in [0, 0.05) is 18.3 Å². The molecule has 2 rings (SSSR count). The van der Waals surface area contributed by atoms with Crippen molar-refractivity contribution in [3.05, 3.63) is 22.7 Å². The van der Waals surface area contributed by atoms with E-state index >= 15 is 0 Å². The molecule has 100 valence electrons. The van der Waals surface area contributed by atoms with Crippen LogP contribution in [0.5, 0.6) is 5.75 Å². The molecule has 1 fully saturated rings. The average Bonchev–Trinajstić information content (AvgIpc) is 2.38. The fourth-order valence-electron chi connectivity index (χ4n) is 2.43. The Bertz CT molecular complexity index is 389. The second-order valence-electron chi connectivity index (χ2n) is 5.01. The molecule has 0 radical (unpaired) electrons. The first-order valence-electron chi connectivity index (χ1n) is 6.52. The number of hydrogen-bond acceptors (Lipinski definition) is 3. The van der Waals surface area contributed by atoms with Gasteiger partial charge in [-0.15, -0.1) is 0 Å². The molecule has 1 saturated carbocycles. The van der Waals surface area contributed by atoms with E-state index in [4.69, 9.17) is 10.5 Å². The molecule has 0 amide bonds. The lowest BCUT2D eigenvalue weighted by molar-refractivity contribution is 0.339. The number of rotatable bonds is 4. The van der Waals surface area contributed by atoms with E-state index < -0.39 is 0 Å². The molecule has 0 saturated heterocycles. The second-order valence-corrected chi connectivity index (χ2v) is 5.87. The van der Waals surface area contributed by atoms with Crippen LogP contribution in [0.3, 0.4) is 0 Å². The van der Waals surface area contributed by atoms with Crippen molar-refractivity contribution >= 4 is 21.6 Å². The molecule has 0 aromatic heterocycles. The number of nitrogens with two attached hydrogens (primary N) is 1. The van der Waals surface area contributed by atoms with Crippen molar-refractivity contribution in [3.8, 4) is 5.75 Å². The molecule has 0 atom stereocenters. The Labute approximate surface area is 117 Å². The zero-order valence-corrected chi connectivity index (χ0v) is 12.4. The summed E-state index contributed by atoms with van der Waals surface area (Å²) in [6, 6.07) is 6.52. The first-order chi connectivity index (χ1) is 8.69. The summed E-state index contributed by atoms with van der Waals surface area (Å²) in [6.07, 6.45) is 4.81. The summed E-state index contributed by atoms with van der Waals surface area (Å²) >= 11 is 3.50. The Morgan fingerprint density at radius 3 is 2.67 bits per heavy atom. The molecule has 0 aliphatic heterocycles. The number of methoxy groups -OCH3 is 1. The smallest absolute Gasteiger partial charge is 0.133 e. The summed E-state index contributed by atoms with van der Waals surface area (Å²) in [6.45, 7) is 1.03. The van der Waals surface area contributed by atoms with Crippen LogP contribution in [0, 0.1) is 5.92 Å². The highest BCUT2D eigenvalue weighted by Crippen LogP contribution is 2.28. The van der Waals surface area contributed by atoms with Gasteiger partial charge in [-0.25, -0.2) is 0 Å². The van der Waals surface area contributed by atoms with Gasteiger partial charge >= 0.3 is 0 Å². The highest BCUT2D eigenvalue weighted by Gasteiger charge is 2.18. The van der Waals surface area contributed by atoms with E-state index in [1.165, 1.54) is 25.7 Å². The Balaban J connectivity index is 1.84. The molecule has 0 unspecified atom stereocenters. The molecule has 0 heterocycles. The number of halogens is 1. The second kappa shape index (κ2) is 6.43. The van der Waals surface area contributed by atoms with Gasteiger partial charge in [0.2, 0.25) is 0 Å². The number of nitrogens with one attached hydrogen (secondary N) is 1. The zero-order chi connectivity index (χ0) is 13.0. The topological polar surface area (TPSA) is 47.3 Å². The Kier molecular flexibility index (Phi) is 4.89. The van der Waals surface area contributed by atoms with Crippen LogP contribution in [0.2, 0.25) is 0 Å². The van der Waals surface area contributed by atoms with Crippen LogP contribution in [0.25, 0.3) is 0 Å². The van der Waals surface area contributed by atoms with Crippen LogP contribution >= 0.6 is 15.9 Å². The molecule has 0 bridgehead atoms. The van der Waals surface area contributed by atoms with E-state index in [2.05, 4.69) is 33.4 Å². The van der Waals surface area contributed by atoms with E-state index in [0.29, 0.717) is 6.04 Å². The Hall–Kier alpha value is -0.740. The fourth-order valence-corrected chi connectivity index (χ4v) is 2.97. The molecule has 0 spiro atoms. The van der Waals surface area contributed by atoms with Crippen molar-refractivity contribution in [1.29, 1.82) is 0 Å². The van der Waals surface area contributed by atoms with E-state index in [1.54, 1.807) is 7.11 Å². The van der Waals surface area contributed by atoms with Crippen molar-refractivity contribution in [2.45, 2.75) is 31.7 Å². The van der Waals surface area contributed by atoms with Gasteiger partial charge in [0.25, 0.3) is 0 Å². The highest BCUT2D eigenvalue weighted by atomic mass is 79.9. The van der Waals surface area contributed by atoms with Crippen LogP contribution in [0.1, 0.15) is 25.7 Å². The summed E-state index contributed by atoms with van der Waals surface area (Å²) in [5.74, 6) is 1.62. The molecule has 18 heavy (non-hydrogen) atoms. The predicted octanol–water partition coefficient (Wildman–Crippen LogP) is 3.39. The van der Waals surface area contributed by atoms with E-state index in [1.807, 2.05) is 6.07 Å². The predicted molar refractivity (Wildman–Crippen MR) is 79.1 cm³/mol. The standard InChI is InChI=1S/C14H21BrN2O/c1-18-14-7-6-12(8-13(14)15)17-9-10-2-4-11(16)5-3-10/h6-8,10-11,17H,2-5,9,16H2,1H3. The first kappa shape index (κ1) is 13.7. The summed E-state index contributed by atoms with van der Waals surface area (Å²) in [7, 11) is 1.68. The maximum absolute atomic E-state index is 5.92. The minimum absolute atomic E-state index is 0.427. The lowest BCUT2D eigenvalue weighted by Crippen LogP contribution is -2.29. The third-order valence-corrected chi connectivity index (χ3v) is 4.26. The van der Waals surface area contributed by atoms with Gasteiger partial charge in [-0.1, -0.05) is 0 Å². The molecule has 1 aromatic carbocycles. The van der Waals surface area contributed by atoms with Gasteiger partial charge in [-0.2, -0.15) is 0 Å². The van der Waals surface area contributed by atoms with Crippen molar-refractivity contribution in [1.82, 2.24) is 0 Å². The van der Waals surface area contributed by atoms with Crippen LogP contribution in [-0.4, -0.2) is 19.7 Å². The largest absolute Gasteiger partial charge is 0.496 e. The van der Waals surface area contributed by atoms with Gasteiger partial charge < -0.3 is 15.8 Å². The van der Waals surface area contributed by atoms with Crippen molar-refractivity contribution < 1.29 is 4.74 Å². The van der Waals surface area contributed by atoms with Gasteiger partial charge in [0.05, 0.1) is 11.6 Å². The fraction of sp³-hybridized carbons (Fsp3) is 0.571. The summed E-state index contributed by atoms with van der Waals surface area (Å²) in [5.41, 5.74) is 7.05. The SMILES string of the molecule is COc1ccc(NCC2CCC(N)CC2)cc1Br. The highest BCUT2D eigenvalue weighted by molar-refractivity contribution is 9.10. The van der Waals surface area contributed by atoms with Gasteiger partial charge in [0.15, 0.2) is 0 Å². The molecule has 3 nitrogen and oxygen atoms in total. The first-order valence-corrected chi connectivity index (χ1v) is 7.31. The van der Waals surface area contributed by atoms with Gasteiger partial charge in [0.1, 0.15) is 5.75 Å². The van der Waals surface area contributed by atoms with Gasteiger partial charge in [-0.3, -0.25) is 0 Å².